The van der Waals surface area contributed by atoms with Gasteiger partial charge in [0.25, 0.3) is 5.56 Å². The molecule has 3 heterocycles. The predicted octanol–water partition coefficient (Wildman–Crippen LogP) is 0.944. The van der Waals surface area contributed by atoms with Gasteiger partial charge < -0.3 is 9.47 Å². The van der Waals surface area contributed by atoms with Gasteiger partial charge in [-0.05, 0) is 6.42 Å². The third-order valence-corrected chi connectivity index (χ3v) is 5.08. The van der Waals surface area contributed by atoms with Crippen LogP contribution >= 0.6 is 0 Å². The summed E-state index contributed by atoms with van der Waals surface area (Å²) >= 11 is 0. The molecule has 4 rings (SSSR count). The van der Waals surface area contributed by atoms with E-state index in [-0.39, 0.29) is 18.9 Å². The molecule has 0 radical (unpaired) electrons. The Hall–Kier alpha value is -3.42. The van der Waals surface area contributed by atoms with Crippen molar-refractivity contribution in [1.82, 2.24) is 24.6 Å². The van der Waals surface area contributed by atoms with Crippen LogP contribution in [0.3, 0.4) is 0 Å². The van der Waals surface area contributed by atoms with Crippen molar-refractivity contribution in [1.29, 1.82) is 0 Å². The number of carbonyl (C=O) groups is 1. The number of aromatic amines is 2. The molecule has 3 aromatic rings. The Morgan fingerprint density at radius 3 is 2.64 bits per heavy atom. The monoisotopic (exact) mass is 379 g/mol. The molecule has 0 aliphatic carbocycles. The number of carbonyl (C=O) groups excluding carboxylic acids is 1. The van der Waals surface area contributed by atoms with E-state index in [0.29, 0.717) is 13.1 Å². The van der Waals surface area contributed by atoms with Gasteiger partial charge in [0.2, 0.25) is 5.91 Å². The Balaban J connectivity index is 1.42. The lowest BCUT2D eigenvalue weighted by Gasteiger charge is -2.20. The normalized spacial score (nSPS) is 13.8. The van der Waals surface area contributed by atoms with Crippen LogP contribution in [-0.2, 0) is 24.2 Å². The van der Waals surface area contributed by atoms with Crippen LogP contribution in [0.15, 0.2) is 52.2 Å². The molecule has 0 fully saturated rings. The van der Waals surface area contributed by atoms with E-state index in [1.165, 1.54) is 22.4 Å². The smallest absolute Gasteiger partial charge is 0.328 e. The molecule has 1 aliphatic rings. The molecule has 1 aromatic carbocycles. The lowest BCUT2D eigenvalue weighted by molar-refractivity contribution is -0.131. The summed E-state index contributed by atoms with van der Waals surface area (Å²) < 4.78 is 1.34. The van der Waals surface area contributed by atoms with Gasteiger partial charge in [0.15, 0.2) is 0 Å². The molecule has 28 heavy (non-hydrogen) atoms. The first kappa shape index (κ1) is 18.0. The highest BCUT2D eigenvalue weighted by molar-refractivity contribution is 5.76. The number of hydrogen-bond acceptors (Lipinski definition) is 4. The molecule has 0 saturated heterocycles. The molecule has 0 atom stereocenters. The average molecular weight is 379 g/mol. The molecule has 0 unspecified atom stereocenters. The summed E-state index contributed by atoms with van der Waals surface area (Å²) in [4.78, 5) is 39.5. The Bertz CT molecular complexity index is 1100. The number of H-pyrrole nitrogens is 2. The van der Waals surface area contributed by atoms with E-state index < -0.39 is 11.2 Å². The standard InChI is InChI=1S/C20H21N5O3/c26-17-8-12-25(20(28)21-17)13-9-18(27)24-10-6-15-16(7-11-24)22-23-19(15)14-4-2-1-3-5-14/h1-5,8,12H,6-7,9-11,13H2,(H,22,23)(H,21,26,28). The zero-order chi connectivity index (χ0) is 19.5. The van der Waals surface area contributed by atoms with Gasteiger partial charge in [-0.25, -0.2) is 4.79 Å². The topological polar surface area (TPSA) is 104 Å². The van der Waals surface area contributed by atoms with Crippen LogP contribution in [0.5, 0.6) is 0 Å². The van der Waals surface area contributed by atoms with Crippen molar-refractivity contribution in [3.63, 3.8) is 0 Å². The molecule has 1 amide bonds. The van der Waals surface area contributed by atoms with Gasteiger partial charge in [0, 0.05) is 61.6 Å². The van der Waals surface area contributed by atoms with Crippen molar-refractivity contribution < 1.29 is 4.79 Å². The van der Waals surface area contributed by atoms with Crippen molar-refractivity contribution in [3.05, 3.63) is 74.7 Å². The van der Waals surface area contributed by atoms with E-state index in [0.717, 1.165) is 29.8 Å². The molecule has 2 aromatic heterocycles. The van der Waals surface area contributed by atoms with Gasteiger partial charge in [-0.1, -0.05) is 30.3 Å². The summed E-state index contributed by atoms with van der Waals surface area (Å²) in [6.45, 7) is 1.47. The maximum absolute atomic E-state index is 12.6. The number of aromatic nitrogens is 4. The molecular formula is C20H21N5O3. The molecule has 2 N–H and O–H groups in total. The minimum absolute atomic E-state index is 0.00234. The minimum atomic E-state index is -0.496. The van der Waals surface area contributed by atoms with Crippen molar-refractivity contribution in [2.75, 3.05) is 13.1 Å². The second kappa shape index (κ2) is 7.67. The Morgan fingerprint density at radius 2 is 1.86 bits per heavy atom. The third kappa shape index (κ3) is 3.66. The van der Waals surface area contributed by atoms with E-state index in [1.54, 1.807) is 0 Å². The highest BCUT2D eigenvalue weighted by Crippen LogP contribution is 2.26. The molecule has 8 nitrogen and oxygen atoms in total. The first-order chi connectivity index (χ1) is 13.6. The largest absolute Gasteiger partial charge is 0.342 e. The van der Waals surface area contributed by atoms with E-state index in [1.807, 2.05) is 35.2 Å². The fourth-order valence-corrected chi connectivity index (χ4v) is 3.56. The van der Waals surface area contributed by atoms with Crippen LogP contribution in [0.1, 0.15) is 17.7 Å². The fraction of sp³-hybridized carbons (Fsp3) is 0.300. The molecule has 8 heteroatoms. The Labute approximate surface area is 160 Å². The average Bonchev–Trinajstić information content (AvgIpc) is 2.99. The first-order valence-corrected chi connectivity index (χ1v) is 9.31. The van der Waals surface area contributed by atoms with Crippen LogP contribution in [-0.4, -0.2) is 43.6 Å². The number of amides is 1. The number of benzene rings is 1. The number of aryl methyl sites for hydroxylation is 1. The SMILES string of the molecule is O=C(CCn1ccc(=O)[nH]c1=O)N1CCc2[nH]nc(-c3ccccc3)c2CC1. The highest BCUT2D eigenvalue weighted by Gasteiger charge is 2.22. The quantitative estimate of drug-likeness (QED) is 0.704. The van der Waals surface area contributed by atoms with Gasteiger partial charge in [0.05, 0.1) is 5.69 Å². The third-order valence-electron chi connectivity index (χ3n) is 5.08. The van der Waals surface area contributed by atoms with Crippen LogP contribution in [0.2, 0.25) is 0 Å². The van der Waals surface area contributed by atoms with Gasteiger partial charge in [0.1, 0.15) is 0 Å². The summed E-state index contributed by atoms with van der Waals surface area (Å²) in [7, 11) is 0. The minimum Gasteiger partial charge on any atom is -0.342 e. The fourth-order valence-electron chi connectivity index (χ4n) is 3.56. The van der Waals surface area contributed by atoms with Crippen molar-refractivity contribution in [2.24, 2.45) is 0 Å². The van der Waals surface area contributed by atoms with Crippen molar-refractivity contribution in [3.8, 4) is 11.3 Å². The van der Waals surface area contributed by atoms with Gasteiger partial charge in [-0.15, -0.1) is 0 Å². The maximum atomic E-state index is 12.6. The molecular weight excluding hydrogens is 358 g/mol. The second-order valence-electron chi connectivity index (χ2n) is 6.83. The number of fused-ring (bicyclic) bond motifs is 1. The number of rotatable bonds is 4. The predicted molar refractivity (Wildman–Crippen MR) is 104 cm³/mol. The van der Waals surface area contributed by atoms with E-state index in [9.17, 15) is 14.4 Å². The highest BCUT2D eigenvalue weighted by atomic mass is 16.2. The van der Waals surface area contributed by atoms with Gasteiger partial charge >= 0.3 is 5.69 Å². The summed E-state index contributed by atoms with van der Waals surface area (Å²) in [5, 5.41) is 7.60. The molecule has 0 spiro atoms. The van der Waals surface area contributed by atoms with E-state index in [4.69, 9.17) is 0 Å². The number of hydrogen-bond donors (Lipinski definition) is 2. The van der Waals surface area contributed by atoms with Gasteiger partial charge in [-0.3, -0.25) is 19.7 Å². The maximum Gasteiger partial charge on any atom is 0.328 e. The summed E-state index contributed by atoms with van der Waals surface area (Å²) in [5.74, 6) is -0.00234. The van der Waals surface area contributed by atoms with Crippen LogP contribution in [0.4, 0.5) is 0 Å². The first-order valence-electron chi connectivity index (χ1n) is 9.31. The second-order valence-corrected chi connectivity index (χ2v) is 6.83. The van der Waals surface area contributed by atoms with E-state index >= 15 is 0 Å². The Kier molecular flexibility index (Phi) is 4.92. The lowest BCUT2D eigenvalue weighted by Crippen LogP contribution is -2.35. The summed E-state index contributed by atoms with van der Waals surface area (Å²) in [5.41, 5.74) is 3.32. The van der Waals surface area contributed by atoms with Crippen LogP contribution < -0.4 is 11.2 Å². The molecule has 0 bridgehead atoms. The number of nitrogens with one attached hydrogen (secondary N) is 2. The molecule has 0 saturated carbocycles. The summed E-state index contributed by atoms with van der Waals surface area (Å²) in [6.07, 6.45) is 3.09. The molecule has 144 valence electrons. The lowest BCUT2D eigenvalue weighted by atomic mass is 10.0. The number of nitrogens with zero attached hydrogens (tertiary/aromatic N) is 3. The zero-order valence-corrected chi connectivity index (χ0v) is 15.4. The van der Waals surface area contributed by atoms with Crippen LogP contribution in [0, 0.1) is 0 Å². The summed E-state index contributed by atoms with van der Waals surface area (Å²) in [6, 6.07) is 11.3. The van der Waals surface area contributed by atoms with Crippen molar-refractivity contribution >= 4 is 5.91 Å². The van der Waals surface area contributed by atoms with Crippen molar-refractivity contribution in [2.45, 2.75) is 25.8 Å². The Morgan fingerprint density at radius 1 is 1.07 bits per heavy atom. The van der Waals surface area contributed by atoms with E-state index in [2.05, 4.69) is 15.2 Å². The van der Waals surface area contributed by atoms with Crippen LogP contribution in [0.25, 0.3) is 11.3 Å². The zero-order valence-electron chi connectivity index (χ0n) is 15.4. The van der Waals surface area contributed by atoms with Gasteiger partial charge in [-0.2, -0.15) is 5.10 Å². The molecule has 1 aliphatic heterocycles.